The minimum atomic E-state index is -1.40. The molecule has 4 amide bonds. The third kappa shape index (κ3) is 8.73. The van der Waals surface area contributed by atoms with Gasteiger partial charge in [-0.1, -0.05) is 20.3 Å². The van der Waals surface area contributed by atoms with Crippen LogP contribution >= 0.6 is 12.6 Å². The van der Waals surface area contributed by atoms with Crippen molar-refractivity contribution >= 4 is 42.2 Å². The monoisotopic (exact) mass is 405 g/mol. The van der Waals surface area contributed by atoms with E-state index in [-0.39, 0.29) is 18.2 Å². The van der Waals surface area contributed by atoms with Crippen molar-refractivity contribution < 1.29 is 29.1 Å². The van der Waals surface area contributed by atoms with Crippen molar-refractivity contribution in [3.63, 3.8) is 0 Å². The Bertz CT molecular complexity index is 573. The zero-order valence-electron chi connectivity index (χ0n) is 15.2. The Labute approximate surface area is 162 Å². The van der Waals surface area contributed by atoms with Crippen LogP contribution in [0.2, 0.25) is 0 Å². The highest BCUT2D eigenvalue weighted by Crippen LogP contribution is 2.09. The van der Waals surface area contributed by atoms with E-state index in [9.17, 15) is 29.1 Å². The summed E-state index contributed by atoms with van der Waals surface area (Å²) < 4.78 is 0. The van der Waals surface area contributed by atoms with Gasteiger partial charge in [-0.25, -0.2) is 4.79 Å². The zero-order valence-corrected chi connectivity index (χ0v) is 16.1. The van der Waals surface area contributed by atoms with E-state index in [2.05, 4.69) is 28.6 Å². The first-order valence-electron chi connectivity index (χ1n) is 8.29. The molecule has 12 heteroatoms. The maximum atomic E-state index is 12.4. The Morgan fingerprint density at radius 3 is 2.00 bits per heavy atom. The van der Waals surface area contributed by atoms with Crippen molar-refractivity contribution in [1.29, 1.82) is 0 Å². The molecule has 0 aromatic rings. The number of thiol groups is 1. The van der Waals surface area contributed by atoms with E-state index in [1.807, 2.05) is 0 Å². The first-order chi connectivity index (χ1) is 12.6. The minimum absolute atomic E-state index is 0.0902. The molecule has 0 saturated heterocycles. The van der Waals surface area contributed by atoms with Crippen LogP contribution in [-0.4, -0.2) is 65.1 Å². The van der Waals surface area contributed by atoms with Gasteiger partial charge in [-0.05, 0) is 5.92 Å². The lowest BCUT2D eigenvalue weighted by molar-refractivity contribution is -0.144. The molecule has 0 rings (SSSR count). The van der Waals surface area contributed by atoms with Gasteiger partial charge in [-0.15, -0.1) is 0 Å². The lowest BCUT2D eigenvalue weighted by Crippen LogP contribution is -2.58. The molecule has 0 aromatic carbocycles. The normalized spacial score (nSPS) is 15.0. The van der Waals surface area contributed by atoms with E-state index < -0.39 is 54.1 Å². The average molecular weight is 405 g/mol. The van der Waals surface area contributed by atoms with Crippen LogP contribution in [-0.2, 0) is 24.0 Å². The van der Waals surface area contributed by atoms with Gasteiger partial charge in [0, 0.05) is 5.75 Å². The predicted molar refractivity (Wildman–Crippen MR) is 99.6 cm³/mol. The first kappa shape index (κ1) is 24.7. The zero-order chi connectivity index (χ0) is 21.1. The number of rotatable bonds is 12. The van der Waals surface area contributed by atoms with Gasteiger partial charge in [0.05, 0.1) is 13.0 Å². The second kappa shape index (κ2) is 12.1. The molecule has 154 valence electrons. The van der Waals surface area contributed by atoms with Crippen molar-refractivity contribution in [3.05, 3.63) is 0 Å². The van der Waals surface area contributed by atoms with Gasteiger partial charge in [0.25, 0.3) is 0 Å². The second-order valence-electron chi connectivity index (χ2n) is 5.95. The van der Waals surface area contributed by atoms with Crippen molar-refractivity contribution in [2.24, 2.45) is 17.4 Å². The molecule has 0 aromatic heterocycles. The van der Waals surface area contributed by atoms with Gasteiger partial charge in [0.2, 0.25) is 23.6 Å². The number of nitrogens with one attached hydrogen (secondary N) is 3. The summed E-state index contributed by atoms with van der Waals surface area (Å²) in [7, 11) is 0. The molecule has 0 bridgehead atoms. The maximum absolute atomic E-state index is 12.4. The number of nitrogens with two attached hydrogens (primary N) is 2. The lowest BCUT2D eigenvalue weighted by Gasteiger charge is -2.25. The second-order valence-corrected chi connectivity index (χ2v) is 6.31. The molecule has 0 saturated carbocycles. The molecule has 0 aliphatic carbocycles. The van der Waals surface area contributed by atoms with Crippen LogP contribution in [0.1, 0.15) is 26.7 Å². The summed E-state index contributed by atoms with van der Waals surface area (Å²) in [6.45, 7) is 3.05. The molecule has 0 aliphatic rings. The molecule has 0 heterocycles. The molecule has 11 nitrogen and oxygen atoms in total. The summed E-state index contributed by atoms with van der Waals surface area (Å²) in [5.74, 6) is -4.87. The first-order valence-corrected chi connectivity index (χ1v) is 8.92. The molecular weight excluding hydrogens is 378 g/mol. The largest absolute Gasteiger partial charge is 0.480 e. The van der Waals surface area contributed by atoms with Crippen LogP contribution in [0, 0.1) is 5.92 Å². The number of amides is 4. The molecule has 8 N–H and O–H groups in total. The number of carbonyl (C=O) groups excluding carboxylic acids is 4. The van der Waals surface area contributed by atoms with E-state index in [4.69, 9.17) is 11.5 Å². The number of hydrogen-bond donors (Lipinski definition) is 7. The highest BCUT2D eigenvalue weighted by molar-refractivity contribution is 7.80. The minimum Gasteiger partial charge on any atom is -0.480 e. The van der Waals surface area contributed by atoms with E-state index in [0.717, 1.165) is 0 Å². The molecule has 27 heavy (non-hydrogen) atoms. The fourth-order valence-corrected chi connectivity index (χ4v) is 2.32. The van der Waals surface area contributed by atoms with E-state index in [1.165, 1.54) is 0 Å². The number of primary amides is 1. The molecular formula is C15H27N5O6S. The number of carbonyl (C=O) groups is 5. The molecule has 0 aliphatic heterocycles. The van der Waals surface area contributed by atoms with Gasteiger partial charge in [0.1, 0.15) is 18.1 Å². The van der Waals surface area contributed by atoms with Crippen LogP contribution in [0.15, 0.2) is 0 Å². The number of hydrogen-bond acceptors (Lipinski definition) is 7. The highest BCUT2D eigenvalue weighted by Gasteiger charge is 2.31. The quantitative estimate of drug-likeness (QED) is 0.172. The number of carboxylic acid groups (broad SMARTS) is 1. The predicted octanol–water partition coefficient (Wildman–Crippen LogP) is -2.66. The standard InChI is InChI=1S/C15H27N5O6S/c1-3-7(2)12(15(25)26)20-13(23)8(4-10(17)21)19-14(24)9(6-27)18-11(22)5-16/h7-9,12,27H,3-6,16H2,1-2H3,(H2,17,21)(H,18,22)(H,19,24)(H,20,23)(H,25,26). The van der Waals surface area contributed by atoms with E-state index in [0.29, 0.717) is 6.42 Å². The Balaban J connectivity index is 5.27. The maximum Gasteiger partial charge on any atom is 0.326 e. The van der Waals surface area contributed by atoms with Crippen molar-refractivity contribution in [2.75, 3.05) is 12.3 Å². The van der Waals surface area contributed by atoms with Gasteiger partial charge in [-0.3, -0.25) is 19.2 Å². The van der Waals surface area contributed by atoms with Crippen LogP contribution in [0.4, 0.5) is 0 Å². The van der Waals surface area contributed by atoms with Crippen molar-refractivity contribution in [3.8, 4) is 0 Å². The Hall–Kier alpha value is -2.34. The Morgan fingerprint density at radius 2 is 1.59 bits per heavy atom. The molecule has 0 spiro atoms. The van der Waals surface area contributed by atoms with Crippen LogP contribution in [0.3, 0.4) is 0 Å². The van der Waals surface area contributed by atoms with E-state index >= 15 is 0 Å². The SMILES string of the molecule is CCC(C)C(NC(=O)C(CC(N)=O)NC(=O)C(CS)NC(=O)CN)C(=O)O. The fraction of sp³-hybridized carbons (Fsp3) is 0.667. The molecule has 0 fully saturated rings. The molecule has 4 unspecified atom stereocenters. The van der Waals surface area contributed by atoms with Crippen LogP contribution in [0.25, 0.3) is 0 Å². The fourth-order valence-electron chi connectivity index (χ4n) is 2.07. The van der Waals surface area contributed by atoms with Crippen LogP contribution < -0.4 is 27.4 Å². The highest BCUT2D eigenvalue weighted by atomic mass is 32.1. The number of aliphatic carboxylic acids is 1. The lowest BCUT2D eigenvalue weighted by atomic mass is 9.98. The summed E-state index contributed by atoms with van der Waals surface area (Å²) in [5.41, 5.74) is 10.3. The third-order valence-electron chi connectivity index (χ3n) is 3.83. The molecule has 4 atom stereocenters. The summed E-state index contributed by atoms with van der Waals surface area (Å²) >= 11 is 3.95. The Kier molecular flexibility index (Phi) is 11.1. The smallest absolute Gasteiger partial charge is 0.326 e. The summed E-state index contributed by atoms with van der Waals surface area (Å²) in [6.07, 6.45) is -0.0640. The van der Waals surface area contributed by atoms with Crippen molar-refractivity contribution in [1.82, 2.24) is 16.0 Å². The molecule has 0 radical (unpaired) electrons. The summed E-state index contributed by atoms with van der Waals surface area (Å²) in [6, 6.07) is -3.71. The van der Waals surface area contributed by atoms with E-state index in [1.54, 1.807) is 13.8 Å². The topological polar surface area (TPSA) is 194 Å². The van der Waals surface area contributed by atoms with Gasteiger partial charge in [0.15, 0.2) is 0 Å². The average Bonchev–Trinajstić information content (AvgIpc) is 2.61. The van der Waals surface area contributed by atoms with Crippen LogP contribution in [0.5, 0.6) is 0 Å². The third-order valence-corrected chi connectivity index (χ3v) is 4.20. The van der Waals surface area contributed by atoms with Crippen molar-refractivity contribution in [2.45, 2.75) is 44.8 Å². The van der Waals surface area contributed by atoms with Gasteiger partial charge < -0.3 is 32.5 Å². The summed E-state index contributed by atoms with van der Waals surface area (Å²) in [4.78, 5) is 58.6. The number of carboxylic acids is 1. The van der Waals surface area contributed by atoms with Gasteiger partial charge >= 0.3 is 5.97 Å². The van der Waals surface area contributed by atoms with Gasteiger partial charge in [-0.2, -0.15) is 12.6 Å². The Morgan fingerprint density at radius 1 is 1.04 bits per heavy atom. The summed E-state index contributed by atoms with van der Waals surface area (Å²) in [5, 5.41) is 16.1.